The van der Waals surface area contributed by atoms with Crippen molar-refractivity contribution in [3.05, 3.63) is 36.0 Å². The summed E-state index contributed by atoms with van der Waals surface area (Å²) in [5, 5.41) is 1.02. The second-order valence-corrected chi connectivity index (χ2v) is 7.63. The Labute approximate surface area is 161 Å². The van der Waals surface area contributed by atoms with Crippen LogP contribution in [0.3, 0.4) is 0 Å². The van der Waals surface area contributed by atoms with Gasteiger partial charge in [0.2, 0.25) is 0 Å². The fourth-order valence-corrected chi connectivity index (χ4v) is 4.09. The molecule has 0 N–H and O–H groups in total. The predicted molar refractivity (Wildman–Crippen MR) is 107 cm³/mol. The molecule has 1 aromatic heterocycles. The number of ether oxygens (including phenoxy) is 1. The van der Waals surface area contributed by atoms with E-state index in [1.807, 2.05) is 35.2 Å². The molecule has 2 aromatic rings. The van der Waals surface area contributed by atoms with Crippen molar-refractivity contribution < 1.29 is 9.53 Å². The highest BCUT2D eigenvalue weighted by atomic mass is 16.5. The van der Waals surface area contributed by atoms with Crippen LogP contribution in [-0.2, 0) is 0 Å². The number of hydrogen-bond acceptors (Lipinski definition) is 4. The topological polar surface area (TPSA) is 45.7 Å². The molecule has 2 aliphatic heterocycles. The molecule has 0 saturated carbocycles. The lowest BCUT2D eigenvalue weighted by atomic mass is 10.1. The third kappa shape index (κ3) is 4.41. The molecule has 5 heteroatoms. The lowest BCUT2D eigenvalue weighted by Gasteiger charge is -2.26. The molecule has 0 aliphatic carbocycles. The number of pyridine rings is 1. The molecule has 144 valence electrons. The lowest BCUT2D eigenvalue weighted by molar-refractivity contribution is 0.0787. The Hall–Kier alpha value is -2.14. The van der Waals surface area contributed by atoms with Gasteiger partial charge in [0.25, 0.3) is 5.91 Å². The maximum atomic E-state index is 12.7. The van der Waals surface area contributed by atoms with Crippen molar-refractivity contribution in [1.29, 1.82) is 0 Å². The first-order valence-corrected chi connectivity index (χ1v) is 10.4. The number of hydrogen-bond donors (Lipinski definition) is 0. The first-order valence-electron chi connectivity index (χ1n) is 10.4. The Bertz CT molecular complexity index is 780. The van der Waals surface area contributed by atoms with Gasteiger partial charge in [-0.15, -0.1) is 0 Å². The van der Waals surface area contributed by atoms with E-state index in [0.29, 0.717) is 12.3 Å². The average molecular weight is 367 g/mol. The molecular weight excluding hydrogens is 338 g/mol. The maximum Gasteiger partial charge on any atom is 0.272 e. The van der Waals surface area contributed by atoms with Crippen molar-refractivity contribution in [3.63, 3.8) is 0 Å². The fraction of sp³-hybridized carbons (Fsp3) is 0.545. The second kappa shape index (κ2) is 8.70. The van der Waals surface area contributed by atoms with E-state index in [2.05, 4.69) is 9.88 Å². The number of likely N-dealkylation sites (tertiary alicyclic amines) is 2. The van der Waals surface area contributed by atoms with Gasteiger partial charge in [-0.05, 0) is 57.3 Å². The summed E-state index contributed by atoms with van der Waals surface area (Å²) in [6.07, 6.45) is 7.20. The van der Waals surface area contributed by atoms with E-state index < -0.39 is 0 Å². The minimum absolute atomic E-state index is 0.0364. The smallest absolute Gasteiger partial charge is 0.272 e. The highest BCUT2D eigenvalue weighted by Gasteiger charge is 2.21. The number of fused-ring (bicyclic) bond motifs is 1. The van der Waals surface area contributed by atoms with Crippen LogP contribution in [0.1, 0.15) is 49.0 Å². The molecule has 27 heavy (non-hydrogen) atoms. The maximum absolute atomic E-state index is 12.7. The molecule has 5 nitrogen and oxygen atoms in total. The van der Waals surface area contributed by atoms with Gasteiger partial charge in [0.05, 0.1) is 6.61 Å². The van der Waals surface area contributed by atoms with Gasteiger partial charge in [-0.1, -0.05) is 24.6 Å². The molecule has 3 heterocycles. The Kier molecular flexibility index (Phi) is 5.87. The molecule has 2 fully saturated rings. The molecule has 0 atom stereocenters. The van der Waals surface area contributed by atoms with Crippen molar-refractivity contribution in [3.8, 4) is 5.75 Å². The molecule has 0 spiro atoms. The number of carbonyl (C=O) groups is 1. The second-order valence-electron chi connectivity index (χ2n) is 7.63. The van der Waals surface area contributed by atoms with Gasteiger partial charge >= 0.3 is 0 Å². The summed E-state index contributed by atoms with van der Waals surface area (Å²) in [4.78, 5) is 21.7. The van der Waals surface area contributed by atoms with E-state index in [9.17, 15) is 4.79 Å². The first-order chi connectivity index (χ1) is 13.3. The van der Waals surface area contributed by atoms with Gasteiger partial charge in [-0.3, -0.25) is 4.79 Å². The van der Waals surface area contributed by atoms with E-state index in [1.54, 1.807) is 0 Å². The van der Waals surface area contributed by atoms with Gasteiger partial charge in [0.15, 0.2) is 0 Å². The Morgan fingerprint density at radius 1 is 0.963 bits per heavy atom. The minimum Gasteiger partial charge on any atom is -0.491 e. The van der Waals surface area contributed by atoms with Crippen molar-refractivity contribution in [2.24, 2.45) is 0 Å². The molecule has 1 aromatic carbocycles. The summed E-state index contributed by atoms with van der Waals surface area (Å²) in [5.74, 6) is 0.816. The van der Waals surface area contributed by atoms with Crippen molar-refractivity contribution in [1.82, 2.24) is 14.8 Å². The molecule has 0 unspecified atom stereocenters. The number of nitrogens with zero attached hydrogens (tertiary/aromatic N) is 3. The van der Waals surface area contributed by atoms with E-state index in [0.717, 1.165) is 55.5 Å². The van der Waals surface area contributed by atoms with Crippen LogP contribution in [0.4, 0.5) is 0 Å². The van der Waals surface area contributed by atoms with Crippen molar-refractivity contribution in [2.75, 3.05) is 39.3 Å². The highest BCUT2D eigenvalue weighted by Crippen LogP contribution is 2.25. The quantitative estimate of drug-likeness (QED) is 0.730. The molecule has 1 amide bonds. The van der Waals surface area contributed by atoms with Crippen LogP contribution in [0.15, 0.2) is 30.3 Å². The summed E-state index contributed by atoms with van der Waals surface area (Å²) in [6, 6.07) is 9.79. The minimum atomic E-state index is 0.0364. The Balaban J connectivity index is 1.42. The van der Waals surface area contributed by atoms with Crippen LogP contribution in [0.25, 0.3) is 10.9 Å². The Morgan fingerprint density at radius 3 is 2.56 bits per heavy atom. The predicted octanol–water partition coefficient (Wildman–Crippen LogP) is 3.73. The van der Waals surface area contributed by atoms with Crippen LogP contribution in [0.2, 0.25) is 0 Å². The summed E-state index contributed by atoms with van der Waals surface area (Å²) in [7, 11) is 0. The van der Waals surface area contributed by atoms with Gasteiger partial charge in [-0.25, -0.2) is 4.98 Å². The number of benzene rings is 1. The number of aromatic nitrogens is 1. The van der Waals surface area contributed by atoms with Gasteiger partial charge in [0.1, 0.15) is 17.0 Å². The van der Waals surface area contributed by atoms with Crippen molar-refractivity contribution in [2.45, 2.75) is 38.5 Å². The van der Waals surface area contributed by atoms with E-state index in [4.69, 9.17) is 4.74 Å². The third-order valence-electron chi connectivity index (χ3n) is 5.62. The zero-order valence-corrected chi connectivity index (χ0v) is 16.0. The third-order valence-corrected chi connectivity index (χ3v) is 5.62. The number of para-hydroxylation sites is 1. The van der Waals surface area contributed by atoms with Gasteiger partial charge < -0.3 is 14.5 Å². The SMILES string of the molecule is O=C(c1ccc2cccc(OCCCN3CCCCC3)c2n1)N1CCCC1. The zero-order valence-electron chi connectivity index (χ0n) is 16.0. The summed E-state index contributed by atoms with van der Waals surface area (Å²) in [5.41, 5.74) is 1.31. The molecule has 0 bridgehead atoms. The van der Waals surface area contributed by atoms with Crippen LogP contribution >= 0.6 is 0 Å². The first kappa shape index (κ1) is 18.2. The van der Waals surface area contributed by atoms with Gasteiger partial charge in [-0.2, -0.15) is 0 Å². The normalized spacial score (nSPS) is 18.1. The van der Waals surface area contributed by atoms with Crippen LogP contribution in [0, 0.1) is 0 Å². The van der Waals surface area contributed by atoms with Crippen molar-refractivity contribution >= 4 is 16.8 Å². The molecular formula is C22H29N3O2. The standard InChI is InChI=1S/C22H29N3O2/c26-22(25-15-4-5-16-25)19-11-10-18-8-6-9-20(21(18)23-19)27-17-7-14-24-12-2-1-3-13-24/h6,8-11H,1-5,7,12-17H2. The molecule has 2 saturated heterocycles. The summed E-state index contributed by atoms with van der Waals surface area (Å²) < 4.78 is 6.06. The fourth-order valence-electron chi connectivity index (χ4n) is 4.09. The molecule has 2 aliphatic rings. The summed E-state index contributed by atoms with van der Waals surface area (Å²) >= 11 is 0. The Morgan fingerprint density at radius 2 is 1.74 bits per heavy atom. The van der Waals surface area contributed by atoms with Crippen LogP contribution in [-0.4, -0.2) is 60.0 Å². The van der Waals surface area contributed by atoms with E-state index in [1.165, 1.54) is 32.4 Å². The average Bonchev–Trinajstić information content (AvgIpc) is 3.26. The summed E-state index contributed by atoms with van der Waals surface area (Å²) in [6.45, 7) is 5.90. The number of rotatable bonds is 6. The zero-order chi connectivity index (χ0) is 18.5. The number of amides is 1. The monoisotopic (exact) mass is 367 g/mol. The lowest BCUT2D eigenvalue weighted by Crippen LogP contribution is -2.31. The molecule has 4 rings (SSSR count). The van der Waals surface area contributed by atoms with Gasteiger partial charge in [0, 0.05) is 25.0 Å². The molecule has 0 radical (unpaired) electrons. The largest absolute Gasteiger partial charge is 0.491 e. The number of piperidine rings is 1. The van der Waals surface area contributed by atoms with Crippen LogP contribution in [0.5, 0.6) is 5.75 Å². The van der Waals surface area contributed by atoms with E-state index >= 15 is 0 Å². The highest BCUT2D eigenvalue weighted by molar-refractivity contribution is 5.96. The van der Waals surface area contributed by atoms with Crippen LogP contribution < -0.4 is 4.74 Å². The van der Waals surface area contributed by atoms with E-state index in [-0.39, 0.29) is 5.91 Å². The number of carbonyl (C=O) groups excluding carboxylic acids is 1.